The van der Waals surface area contributed by atoms with Gasteiger partial charge in [-0.05, 0) is 25.1 Å². The first-order chi connectivity index (χ1) is 11.6. The van der Waals surface area contributed by atoms with E-state index in [2.05, 4.69) is 20.5 Å². The molecule has 1 heterocycles. The fourth-order valence-corrected chi connectivity index (χ4v) is 2.18. The number of aromatic hydroxyl groups is 2. The second-order valence-corrected chi connectivity index (χ2v) is 5.20. The van der Waals surface area contributed by atoms with Gasteiger partial charge in [-0.25, -0.2) is 15.4 Å². The number of aryl methyl sites for hydroxylation is 1. The molecule has 24 heavy (non-hydrogen) atoms. The molecule has 6 heteroatoms. The number of rotatable bonds is 4. The summed E-state index contributed by atoms with van der Waals surface area (Å²) in [7, 11) is 0. The highest BCUT2D eigenvalue weighted by molar-refractivity contribution is 5.84. The largest absolute Gasteiger partial charge is 0.508 e. The van der Waals surface area contributed by atoms with Crippen molar-refractivity contribution < 1.29 is 10.2 Å². The lowest BCUT2D eigenvalue weighted by Crippen LogP contribution is -2.00. The number of nitrogens with one attached hydrogen (secondary N) is 1. The smallest absolute Gasteiger partial charge is 0.244 e. The first-order valence-corrected chi connectivity index (χ1v) is 7.34. The van der Waals surface area contributed by atoms with Gasteiger partial charge in [-0.3, -0.25) is 0 Å². The summed E-state index contributed by atoms with van der Waals surface area (Å²) in [5, 5.41) is 23.0. The predicted molar refractivity (Wildman–Crippen MR) is 93.2 cm³/mol. The molecule has 0 spiro atoms. The molecule has 0 atom stereocenters. The minimum Gasteiger partial charge on any atom is -0.508 e. The average molecular weight is 320 g/mol. The Morgan fingerprint density at radius 1 is 1.00 bits per heavy atom. The molecular formula is C18H16N4O2. The van der Waals surface area contributed by atoms with Crippen LogP contribution in [0.15, 0.2) is 59.7 Å². The molecule has 0 aliphatic heterocycles. The number of phenolic OH excluding ortho intramolecular Hbond substituents is 2. The van der Waals surface area contributed by atoms with Crippen LogP contribution in [0.4, 0.5) is 5.95 Å². The van der Waals surface area contributed by atoms with Gasteiger partial charge >= 0.3 is 0 Å². The fourth-order valence-electron chi connectivity index (χ4n) is 2.18. The molecule has 0 saturated heterocycles. The maximum Gasteiger partial charge on any atom is 0.244 e. The standard InChI is InChI=1S/C18H16N4O2/c1-12-9-16(13-5-3-2-4-6-13)21-18(20-12)22-19-11-14-7-8-15(23)10-17(14)24/h2-11,23-24H,1H3,(H,20,21,22)/b19-11+. The van der Waals surface area contributed by atoms with Gasteiger partial charge in [0.05, 0.1) is 11.9 Å². The summed E-state index contributed by atoms with van der Waals surface area (Å²) in [6.07, 6.45) is 1.43. The number of nitrogens with zero attached hydrogens (tertiary/aromatic N) is 3. The Morgan fingerprint density at radius 3 is 2.54 bits per heavy atom. The SMILES string of the molecule is Cc1cc(-c2ccccc2)nc(N/N=C/c2ccc(O)cc2O)n1. The lowest BCUT2D eigenvalue weighted by Gasteiger charge is -2.05. The van der Waals surface area contributed by atoms with Gasteiger partial charge in [0.25, 0.3) is 0 Å². The molecule has 0 fully saturated rings. The molecule has 0 bridgehead atoms. The van der Waals surface area contributed by atoms with E-state index >= 15 is 0 Å². The van der Waals surface area contributed by atoms with Crippen molar-refractivity contribution in [3.8, 4) is 22.8 Å². The van der Waals surface area contributed by atoms with Crippen molar-refractivity contribution in [2.75, 3.05) is 5.43 Å². The van der Waals surface area contributed by atoms with Crippen LogP contribution in [-0.4, -0.2) is 26.4 Å². The molecule has 6 nitrogen and oxygen atoms in total. The topological polar surface area (TPSA) is 90.6 Å². The number of aromatic nitrogens is 2. The zero-order chi connectivity index (χ0) is 16.9. The Labute approximate surface area is 139 Å². The van der Waals surface area contributed by atoms with Crippen LogP contribution in [0.5, 0.6) is 11.5 Å². The molecule has 0 radical (unpaired) electrons. The summed E-state index contributed by atoms with van der Waals surface area (Å²) in [5.41, 5.74) is 5.83. The van der Waals surface area contributed by atoms with E-state index in [4.69, 9.17) is 0 Å². The van der Waals surface area contributed by atoms with Gasteiger partial charge in [-0.2, -0.15) is 5.10 Å². The quantitative estimate of drug-likeness (QED) is 0.507. The second-order valence-electron chi connectivity index (χ2n) is 5.20. The number of hydrogen-bond donors (Lipinski definition) is 3. The normalized spacial score (nSPS) is 10.9. The molecular weight excluding hydrogens is 304 g/mol. The molecule has 0 aliphatic rings. The van der Waals surface area contributed by atoms with Crippen molar-refractivity contribution >= 4 is 12.2 Å². The minimum absolute atomic E-state index is 0.00729. The van der Waals surface area contributed by atoms with E-state index in [-0.39, 0.29) is 11.5 Å². The van der Waals surface area contributed by atoms with E-state index in [9.17, 15) is 10.2 Å². The van der Waals surface area contributed by atoms with E-state index in [0.717, 1.165) is 17.0 Å². The van der Waals surface area contributed by atoms with Crippen LogP contribution in [0.2, 0.25) is 0 Å². The highest BCUT2D eigenvalue weighted by atomic mass is 16.3. The van der Waals surface area contributed by atoms with E-state index in [1.807, 2.05) is 43.3 Å². The maximum absolute atomic E-state index is 9.72. The Morgan fingerprint density at radius 2 is 1.79 bits per heavy atom. The Balaban J connectivity index is 1.80. The van der Waals surface area contributed by atoms with Crippen molar-refractivity contribution in [2.24, 2.45) is 5.10 Å². The van der Waals surface area contributed by atoms with Gasteiger partial charge in [0.2, 0.25) is 5.95 Å². The fraction of sp³-hybridized carbons (Fsp3) is 0.0556. The molecule has 1 aromatic heterocycles. The summed E-state index contributed by atoms with van der Waals surface area (Å²) in [4.78, 5) is 8.72. The number of hydrazone groups is 1. The molecule has 0 saturated carbocycles. The van der Waals surface area contributed by atoms with Crippen LogP contribution in [0.25, 0.3) is 11.3 Å². The second kappa shape index (κ2) is 6.78. The van der Waals surface area contributed by atoms with Gasteiger partial charge in [0, 0.05) is 22.9 Å². The molecule has 0 aliphatic carbocycles. The van der Waals surface area contributed by atoms with Crippen LogP contribution in [0.3, 0.4) is 0 Å². The van der Waals surface area contributed by atoms with Gasteiger partial charge < -0.3 is 10.2 Å². The van der Waals surface area contributed by atoms with Crippen molar-refractivity contribution in [3.63, 3.8) is 0 Å². The summed E-state index contributed by atoms with van der Waals surface area (Å²) in [6.45, 7) is 1.88. The van der Waals surface area contributed by atoms with E-state index < -0.39 is 0 Å². The van der Waals surface area contributed by atoms with Gasteiger partial charge in [0.1, 0.15) is 11.5 Å². The summed E-state index contributed by atoms with van der Waals surface area (Å²) >= 11 is 0. The zero-order valence-corrected chi connectivity index (χ0v) is 13.0. The molecule has 3 N–H and O–H groups in total. The minimum atomic E-state index is -0.0596. The van der Waals surface area contributed by atoms with Crippen LogP contribution in [-0.2, 0) is 0 Å². The third kappa shape index (κ3) is 3.67. The first-order valence-electron chi connectivity index (χ1n) is 7.34. The Kier molecular flexibility index (Phi) is 4.38. The molecule has 3 aromatic rings. The van der Waals surface area contributed by atoms with Gasteiger partial charge in [-0.1, -0.05) is 30.3 Å². The van der Waals surface area contributed by atoms with E-state index in [1.165, 1.54) is 18.3 Å². The van der Waals surface area contributed by atoms with Crippen LogP contribution in [0.1, 0.15) is 11.3 Å². The summed E-state index contributed by atoms with van der Waals surface area (Å²) in [5.74, 6) is 0.297. The number of phenols is 2. The third-order valence-electron chi connectivity index (χ3n) is 3.31. The van der Waals surface area contributed by atoms with E-state index in [1.54, 1.807) is 6.07 Å². The van der Waals surface area contributed by atoms with Crippen LogP contribution < -0.4 is 5.43 Å². The predicted octanol–water partition coefficient (Wildman–Crippen LogP) is 3.31. The van der Waals surface area contributed by atoms with Crippen LogP contribution in [0, 0.1) is 6.92 Å². The number of hydrogen-bond acceptors (Lipinski definition) is 6. The average Bonchev–Trinajstić information content (AvgIpc) is 2.57. The monoisotopic (exact) mass is 320 g/mol. The van der Waals surface area contributed by atoms with Gasteiger partial charge in [0.15, 0.2) is 0 Å². The summed E-state index contributed by atoms with van der Waals surface area (Å²) < 4.78 is 0. The molecule has 120 valence electrons. The Hall–Kier alpha value is -3.41. The molecule has 3 rings (SSSR count). The van der Waals surface area contributed by atoms with Crippen molar-refractivity contribution in [2.45, 2.75) is 6.92 Å². The Bertz CT molecular complexity index is 879. The maximum atomic E-state index is 9.72. The lowest BCUT2D eigenvalue weighted by atomic mass is 10.1. The molecule has 0 unspecified atom stereocenters. The van der Waals surface area contributed by atoms with Crippen molar-refractivity contribution in [1.82, 2.24) is 9.97 Å². The highest BCUT2D eigenvalue weighted by Gasteiger charge is 2.04. The molecule has 0 amide bonds. The lowest BCUT2D eigenvalue weighted by molar-refractivity contribution is 0.450. The zero-order valence-electron chi connectivity index (χ0n) is 13.0. The molecule has 2 aromatic carbocycles. The summed E-state index contributed by atoms with van der Waals surface area (Å²) in [6, 6.07) is 16.0. The van der Waals surface area contributed by atoms with Crippen molar-refractivity contribution in [1.29, 1.82) is 0 Å². The van der Waals surface area contributed by atoms with Crippen LogP contribution >= 0.6 is 0 Å². The van der Waals surface area contributed by atoms with E-state index in [0.29, 0.717) is 11.5 Å². The van der Waals surface area contributed by atoms with Gasteiger partial charge in [-0.15, -0.1) is 0 Å². The first kappa shape index (κ1) is 15.5. The number of benzene rings is 2. The highest BCUT2D eigenvalue weighted by Crippen LogP contribution is 2.21. The van der Waals surface area contributed by atoms with Crippen molar-refractivity contribution in [3.05, 3.63) is 65.9 Å². The number of anilines is 1. The third-order valence-corrected chi connectivity index (χ3v) is 3.31.